The summed E-state index contributed by atoms with van der Waals surface area (Å²) >= 11 is 0. The van der Waals surface area contributed by atoms with Crippen LogP contribution in [0.25, 0.3) is 0 Å². The largest absolute Gasteiger partial charge is 0.469 e. The normalized spacial score (nSPS) is 12.0. The molecule has 0 saturated heterocycles. The van der Waals surface area contributed by atoms with Crippen LogP contribution in [0, 0.1) is 19.8 Å². The number of hydrogen-bond acceptors (Lipinski definition) is 3. The third kappa shape index (κ3) is 4.32. The van der Waals surface area contributed by atoms with E-state index in [9.17, 15) is 9.59 Å². The van der Waals surface area contributed by atoms with Crippen molar-refractivity contribution < 1.29 is 14.3 Å². The quantitative estimate of drug-likeness (QED) is 0.594. The zero-order chi connectivity index (χ0) is 13.7. The summed E-state index contributed by atoms with van der Waals surface area (Å²) in [5.74, 6) is -0.181. The molecular weight excluding hydrogens is 228 g/mol. The van der Waals surface area contributed by atoms with E-state index in [4.69, 9.17) is 0 Å². The van der Waals surface area contributed by atoms with E-state index in [1.807, 2.05) is 39.0 Å². The van der Waals surface area contributed by atoms with Crippen molar-refractivity contribution in [1.29, 1.82) is 0 Å². The van der Waals surface area contributed by atoms with Crippen LogP contribution >= 0.6 is 0 Å². The number of carbonyl (C=O) groups is 2. The van der Waals surface area contributed by atoms with Gasteiger partial charge >= 0.3 is 5.97 Å². The van der Waals surface area contributed by atoms with Gasteiger partial charge in [0.1, 0.15) is 0 Å². The molecule has 0 unspecified atom stereocenters. The van der Waals surface area contributed by atoms with Gasteiger partial charge in [-0.3, -0.25) is 9.59 Å². The topological polar surface area (TPSA) is 43.4 Å². The Kier molecular flexibility index (Phi) is 5.08. The van der Waals surface area contributed by atoms with Gasteiger partial charge in [0.25, 0.3) is 0 Å². The third-order valence-electron chi connectivity index (χ3n) is 2.82. The SMILES string of the molecule is COC(=O)C[C@H](C)CC(=O)c1cc(C)cc(C)c1. The molecule has 1 atom stereocenters. The monoisotopic (exact) mass is 248 g/mol. The fourth-order valence-corrected chi connectivity index (χ4v) is 2.01. The van der Waals surface area contributed by atoms with Crippen LogP contribution in [0.2, 0.25) is 0 Å². The molecule has 0 amide bonds. The highest BCUT2D eigenvalue weighted by Crippen LogP contribution is 2.16. The second-order valence-corrected chi connectivity index (χ2v) is 4.89. The van der Waals surface area contributed by atoms with Crippen molar-refractivity contribution >= 4 is 11.8 Å². The Balaban J connectivity index is 2.67. The van der Waals surface area contributed by atoms with E-state index < -0.39 is 0 Å². The molecule has 0 fully saturated rings. The van der Waals surface area contributed by atoms with E-state index in [1.54, 1.807) is 0 Å². The van der Waals surface area contributed by atoms with Crippen molar-refractivity contribution in [2.45, 2.75) is 33.6 Å². The Morgan fingerprint density at radius 3 is 2.17 bits per heavy atom. The number of Topliss-reactive ketones (excluding diaryl/α,β-unsaturated/α-hetero) is 1. The highest BCUT2D eigenvalue weighted by atomic mass is 16.5. The molecule has 0 aliphatic heterocycles. The van der Waals surface area contributed by atoms with Crippen molar-refractivity contribution in [2.24, 2.45) is 5.92 Å². The lowest BCUT2D eigenvalue weighted by Gasteiger charge is -2.10. The van der Waals surface area contributed by atoms with Crippen molar-refractivity contribution in [3.8, 4) is 0 Å². The molecule has 0 heterocycles. The Labute approximate surface area is 108 Å². The van der Waals surface area contributed by atoms with Crippen LogP contribution in [0.5, 0.6) is 0 Å². The van der Waals surface area contributed by atoms with E-state index in [2.05, 4.69) is 4.74 Å². The minimum atomic E-state index is -0.268. The first-order valence-corrected chi connectivity index (χ1v) is 6.10. The molecule has 0 bridgehead atoms. The van der Waals surface area contributed by atoms with Crippen LogP contribution in [-0.4, -0.2) is 18.9 Å². The summed E-state index contributed by atoms with van der Waals surface area (Å²) in [4.78, 5) is 23.2. The van der Waals surface area contributed by atoms with Crippen LogP contribution in [0.4, 0.5) is 0 Å². The molecule has 0 N–H and O–H groups in total. The summed E-state index contributed by atoms with van der Waals surface area (Å²) in [6, 6.07) is 5.81. The van der Waals surface area contributed by atoms with Gasteiger partial charge in [-0.25, -0.2) is 0 Å². The Bertz CT molecular complexity index is 429. The van der Waals surface area contributed by atoms with E-state index in [0.717, 1.165) is 16.7 Å². The third-order valence-corrected chi connectivity index (χ3v) is 2.82. The molecule has 1 rings (SSSR count). The van der Waals surface area contributed by atoms with Gasteiger partial charge in [-0.15, -0.1) is 0 Å². The molecule has 0 spiro atoms. The smallest absolute Gasteiger partial charge is 0.305 e. The van der Waals surface area contributed by atoms with Crippen molar-refractivity contribution in [3.63, 3.8) is 0 Å². The van der Waals surface area contributed by atoms with Gasteiger partial charge in [0, 0.05) is 18.4 Å². The number of ketones is 1. The summed E-state index contributed by atoms with van der Waals surface area (Å²) < 4.78 is 4.60. The van der Waals surface area contributed by atoms with E-state index >= 15 is 0 Å². The summed E-state index contributed by atoms with van der Waals surface area (Å²) in [5, 5.41) is 0. The molecule has 98 valence electrons. The summed E-state index contributed by atoms with van der Waals surface area (Å²) in [5.41, 5.74) is 2.89. The van der Waals surface area contributed by atoms with Gasteiger partial charge in [0.15, 0.2) is 5.78 Å². The van der Waals surface area contributed by atoms with Crippen LogP contribution in [0.3, 0.4) is 0 Å². The number of ether oxygens (including phenoxy) is 1. The van der Waals surface area contributed by atoms with Crippen LogP contribution in [0.15, 0.2) is 18.2 Å². The number of hydrogen-bond donors (Lipinski definition) is 0. The Morgan fingerprint density at radius 2 is 1.67 bits per heavy atom. The number of carbonyl (C=O) groups excluding carboxylic acids is 2. The van der Waals surface area contributed by atoms with Gasteiger partial charge in [0.2, 0.25) is 0 Å². The zero-order valence-corrected chi connectivity index (χ0v) is 11.4. The van der Waals surface area contributed by atoms with Crippen LogP contribution in [0.1, 0.15) is 41.3 Å². The molecule has 1 aromatic carbocycles. The molecule has 0 saturated carbocycles. The molecule has 0 radical (unpaired) electrons. The standard InChI is InChI=1S/C15H20O3/c1-10-5-11(2)7-13(6-10)14(16)8-12(3)9-15(17)18-4/h5-7,12H,8-9H2,1-4H3/t12-/m1/s1. The first-order chi connectivity index (χ1) is 8.42. The predicted octanol–water partition coefficient (Wildman–Crippen LogP) is 3.08. The predicted molar refractivity (Wildman–Crippen MR) is 70.7 cm³/mol. The maximum absolute atomic E-state index is 12.1. The van der Waals surface area contributed by atoms with E-state index in [1.165, 1.54) is 7.11 Å². The number of esters is 1. The summed E-state index contributed by atoms with van der Waals surface area (Å²) in [7, 11) is 1.36. The zero-order valence-electron chi connectivity index (χ0n) is 11.4. The molecule has 0 aliphatic rings. The lowest BCUT2D eigenvalue weighted by molar-refractivity contribution is -0.141. The highest BCUT2D eigenvalue weighted by Gasteiger charge is 2.15. The van der Waals surface area contributed by atoms with Gasteiger partial charge in [-0.2, -0.15) is 0 Å². The highest BCUT2D eigenvalue weighted by molar-refractivity contribution is 5.96. The Morgan fingerprint density at radius 1 is 1.11 bits per heavy atom. The summed E-state index contributed by atoms with van der Waals surface area (Å²) in [6.07, 6.45) is 0.658. The van der Waals surface area contributed by atoms with Crippen molar-refractivity contribution in [2.75, 3.05) is 7.11 Å². The molecule has 0 aliphatic carbocycles. The summed E-state index contributed by atoms with van der Waals surface area (Å²) in [6.45, 7) is 5.83. The number of rotatable bonds is 5. The van der Waals surface area contributed by atoms with Crippen LogP contribution in [-0.2, 0) is 9.53 Å². The fraction of sp³-hybridized carbons (Fsp3) is 0.467. The fourth-order valence-electron chi connectivity index (χ4n) is 2.01. The molecule has 3 heteroatoms. The Hall–Kier alpha value is -1.64. The van der Waals surface area contributed by atoms with Gasteiger partial charge in [0.05, 0.1) is 7.11 Å². The van der Waals surface area contributed by atoms with Crippen molar-refractivity contribution in [1.82, 2.24) is 0 Å². The number of benzene rings is 1. The molecule has 1 aromatic rings. The lowest BCUT2D eigenvalue weighted by Crippen LogP contribution is -2.12. The number of aryl methyl sites for hydroxylation is 2. The molecular formula is C15H20O3. The average molecular weight is 248 g/mol. The van der Waals surface area contributed by atoms with Gasteiger partial charge in [-0.05, 0) is 31.9 Å². The van der Waals surface area contributed by atoms with E-state index in [-0.39, 0.29) is 24.1 Å². The molecule has 18 heavy (non-hydrogen) atoms. The minimum absolute atomic E-state index is 0.00534. The average Bonchev–Trinajstić information content (AvgIpc) is 2.27. The maximum atomic E-state index is 12.1. The second-order valence-electron chi connectivity index (χ2n) is 4.89. The van der Waals surface area contributed by atoms with Gasteiger partial charge in [-0.1, -0.05) is 24.1 Å². The molecule has 0 aromatic heterocycles. The first kappa shape index (κ1) is 14.4. The second kappa shape index (κ2) is 6.34. The first-order valence-electron chi connectivity index (χ1n) is 6.10. The maximum Gasteiger partial charge on any atom is 0.305 e. The lowest BCUT2D eigenvalue weighted by atomic mass is 9.95. The van der Waals surface area contributed by atoms with Crippen LogP contribution < -0.4 is 0 Å². The van der Waals surface area contributed by atoms with E-state index in [0.29, 0.717) is 6.42 Å². The van der Waals surface area contributed by atoms with Crippen molar-refractivity contribution in [3.05, 3.63) is 34.9 Å². The number of methoxy groups -OCH3 is 1. The van der Waals surface area contributed by atoms with Gasteiger partial charge < -0.3 is 4.74 Å². The minimum Gasteiger partial charge on any atom is -0.469 e. The molecule has 3 nitrogen and oxygen atoms in total.